The van der Waals surface area contributed by atoms with Gasteiger partial charge in [0.05, 0.1) is 43.1 Å². The Morgan fingerprint density at radius 3 is 2.63 bits per heavy atom. The Morgan fingerprint density at radius 1 is 1.07 bits per heavy atom. The second-order valence-electron chi connectivity index (χ2n) is 13.8. The fourth-order valence-corrected chi connectivity index (χ4v) is 7.29. The zero-order valence-corrected chi connectivity index (χ0v) is 25.7. The number of rotatable bonds is 2. The van der Waals surface area contributed by atoms with Gasteiger partial charge in [0.25, 0.3) is 0 Å². The maximum absolute atomic E-state index is 14.2. The Bertz CT molecular complexity index is 1560. The van der Waals surface area contributed by atoms with Crippen molar-refractivity contribution in [1.82, 2.24) is 14.9 Å². The first-order valence-electron chi connectivity index (χ1n) is 17.5. The first kappa shape index (κ1) is 25.1. The molecule has 3 fully saturated rings. The van der Waals surface area contributed by atoms with E-state index < -0.39 is 48.1 Å². The number of benzene rings is 1. The Morgan fingerprint density at radius 2 is 1.88 bits per heavy atom. The van der Waals surface area contributed by atoms with Crippen LogP contribution in [0.3, 0.4) is 0 Å². The minimum Gasteiger partial charge on any atom is -0.497 e. The van der Waals surface area contributed by atoms with Crippen molar-refractivity contribution >= 4 is 29.2 Å². The molecule has 2 saturated carbocycles. The van der Waals surface area contributed by atoms with Crippen molar-refractivity contribution in [1.29, 1.82) is 0 Å². The highest BCUT2D eigenvalue weighted by Gasteiger charge is 2.54. The molecular weight excluding hydrogens is 546 g/mol. The molecule has 0 spiro atoms. The van der Waals surface area contributed by atoms with Crippen molar-refractivity contribution in [3.63, 3.8) is 0 Å². The highest BCUT2D eigenvalue weighted by molar-refractivity contribution is 5.87. The van der Waals surface area contributed by atoms with E-state index in [0.717, 1.165) is 12.8 Å². The van der Waals surface area contributed by atoms with Gasteiger partial charge in [-0.15, -0.1) is 0 Å². The van der Waals surface area contributed by atoms with Gasteiger partial charge in [-0.05, 0) is 67.3 Å². The van der Waals surface area contributed by atoms with Gasteiger partial charge in [-0.1, -0.05) is 40.5 Å². The summed E-state index contributed by atoms with van der Waals surface area (Å²) < 4.78 is 54.0. The van der Waals surface area contributed by atoms with E-state index in [9.17, 15) is 14.4 Å². The van der Waals surface area contributed by atoms with Crippen LogP contribution in [-0.2, 0) is 25.5 Å². The average Bonchev–Trinajstić information content (AvgIpc) is 3.58. The predicted octanol–water partition coefficient (Wildman–Crippen LogP) is 5.17. The number of amides is 1. The zero-order chi connectivity index (χ0) is 34.1. The number of aldehydes is 1. The molecule has 1 aromatic heterocycles. The summed E-state index contributed by atoms with van der Waals surface area (Å²) in [5.41, 5.74) is -0.171. The Kier molecular flexibility index (Phi) is 6.84. The molecule has 2 aromatic rings. The van der Waals surface area contributed by atoms with Crippen molar-refractivity contribution < 1.29 is 34.1 Å². The van der Waals surface area contributed by atoms with Crippen LogP contribution in [-0.4, -0.2) is 64.9 Å². The van der Waals surface area contributed by atoms with Crippen molar-refractivity contribution in [2.45, 2.75) is 97.2 Å². The average molecular weight is 596 g/mol. The smallest absolute Gasteiger partial charge is 0.306 e. The lowest BCUT2D eigenvalue weighted by molar-refractivity contribution is -0.158. The Labute approximate surface area is 259 Å². The lowest BCUT2D eigenvalue weighted by Crippen LogP contribution is -2.46. The lowest BCUT2D eigenvalue weighted by Gasteiger charge is -2.34. The quantitative estimate of drug-likeness (QED) is 0.346. The largest absolute Gasteiger partial charge is 0.497 e. The van der Waals surface area contributed by atoms with Gasteiger partial charge in [-0.2, -0.15) is 0 Å². The highest BCUT2D eigenvalue weighted by atomic mass is 16.5. The van der Waals surface area contributed by atoms with Crippen molar-refractivity contribution in [2.75, 3.05) is 13.7 Å². The third kappa shape index (κ3) is 5.96. The second-order valence-corrected chi connectivity index (χ2v) is 13.8. The summed E-state index contributed by atoms with van der Waals surface area (Å²) in [7, 11) is 1.51. The van der Waals surface area contributed by atoms with Gasteiger partial charge in [-0.3, -0.25) is 9.59 Å². The summed E-state index contributed by atoms with van der Waals surface area (Å²) >= 11 is 0. The topological polar surface area (TPSA) is 108 Å². The van der Waals surface area contributed by atoms with E-state index in [1.54, 1.807) is 25.1 Å². The summed E-state index contributed by atoms with van der Waals surface area (Å²) in [6, 6.07) is 4.09. The van der Waals surface area contributed by atoms with Crippen LogP contribution in [0.4, 0.5) is 0 Å². The predicted molar refractivity (Wildman–Crippen MR) is 161 cm³/mol. The van der Waals surface area contributed by atoms with Crippen LogP contribution in [0.15, 0.2) is 18.2 Å². The van der Waals surface area contributed by atoms with Crippen molar-refractivity contribution in [3.8, 4) is 11.6 Å². The fourth-order valence-electron chi connectivity index (χ4n) is 7.29. The van der Waals surface area contributed by atoms with E-state index in [0.29, 0.717) is 47.7 Å². The number of hydrogen-bond acceptors (Lipinski definition) is 8. The van der Waals surface area contributed by atoms with E-state index in [2.05, 4.69) is 9.97 Å². The van der Waals surface area contributed by atoms with Gasteiger partial charge in [0, 0.05) is 17.5 Å². The second kappa shape index (κ2) is 11.7. The SMILES string of the molecule is [2H]C1([2H])CCC[C@@H]2C3CC3C[C@H]2OC(=O)C[C@@H](C(C)(C)C)C(=O)N2C[C@H](Oc3nc4cc(OC)ccc4nc3C1([2H])[2H])[C@@H](C)[C@H]2C=O. The van der Waals surface area contributed by atoms with Crippen LogP contribution in [0, 0.1) is 35.0 Å². The fraction of sp³-hybridized carbons (Fsp3) is 0.676. The molecule has 9 nitrogen and oxygen atoms in total. The third-order valence-electron chi connectivity index (χ3n) is 9.97. The monoisotopic (exact) mass is 595 g/mol. The first-order chi connectivity index (χ1) is 22.1. The number of carbonyl (C=O) groups excluding carboxylic acids is 3. The molecule has 43 heavy (non-hydrogen) atoms. The lowest BCUT2D eigenvalue weighted by atomic mass is 9.77. The summed E-state index contributed by atoms with van der Waals surface area (Å²) in [4.78, 5) is 50.8. The molecule has 6 rings (SSSR count). The maximum Gasteiger partial charge on any atom is 0.306 e. The molecule has 232 valence electrons. The van der Waals surface area contributed by atoms with Crippen LogP contribution in [0.5, 0.6) is 11.6 Å². The number of methoxy groups -OCH3 is 1. The summed E-state index contributed by atoms with van der Waals surface area (Å²) in [6.45, 7) is 7.45. The summed E-state index contributed by atoms with van der Waals surface area (Å²) in [5.74, 6) is -0.816. The molecule has 2 aliphatic heterocycles. The van der Waals surface area contributed by atoms with Crippen LogP contribution in [0.25, 0.3) is 11.0 Å². The minimum absolute atomic E-state index is 0.00768. The molecule has 4 aliphatic rings. The van der Waals surface area contributed by atoms with E-state index in [1.807, 2.05) is 20.8 Å². The zero-order valence-electron chi connectivity index (χ0n) is 29.7. The molecule has 8 atom stereocenters. The number of hydrogen-bond donors (Lipinski definition) is 0. The number of aromatic nitrogens is 2. The normalized spacial score (nSPS) is 37.1. The molecule has 1 aromatic carbocycles. The maximum atomic E-state index is 14.2. The third-order valence-corrected chi connectivity index (χ3v) is 9.97. The van der Waals surface area contributed by atoms with Crippen LogP contribution in [0.1, 0.15) is 83.8 Å². The molecule has 2 bridgehead atoms. The molecule has 1 amide bonds. The van der Waals surface area contributed by atoms with E-state index in [1.165, 1.54) is 12.0 Å². The molecule has 2 unspecified atom stereocenters. The molecule has 2 aliphatic carbocycles. The van der Waals surface area contributed by atoms with Gasteiger partial charge in [0.15, 0.2) is 0 Å². The van der Waals surface area contributed by atoms with Crippen LogP contribution in [0.2, 0.25) is 0 Å². The number of carbonyl (C=O) groups is 3. The number of aryl methyl sites for hydroxylation is 1. The van der Waals surface area contributed by atoms with E-state index >= 15 is 0 Å². The molecule has 1 saturated heterocycles. The summed E-state index contributed by atoms with van der Waals surface area (Å²) in [6.07, 6.45) is -2.78. The molecule has 9 heteroatoms. The minimum atomic E-state index is -2.61. The Balaban J connectivity index is 1.44. The van der Waals surface area contributed by atoms with Crippen LogP contribution < -0.4 is 9.47 Å². The number of nitrogens with zero attached hydrogens (tertiary/aromatic N) is 3. The van der Waals surface area contributed by atoms with Gasteiger partial charge >= 0.3 is 5.97 Å². The first-order valence-corrected chi connectivity index (χ1v) is 15.5. The van der Waals surface area contributed by atoms with Gasteiger partial charge < -0.3 is 23.9 Å². The number of ether oxygens (including phenoxy) is 3. The van der Waals surface area contributed by atoms with E-state index in [4.69, 9.17) is 19.7 Å². The standard InChI is InChI=1S/C34H45N3O6/c1-19-28(18-38)37-17-30(19)43-32-26(35-25-12-11-21(41-5)15-27(25)36-32)10-8-6-7-9-22-23-13-20(23)14-29(22)42-31(39)16-24(33(37)40)34(2,3)4/h11-12,15,18-20,22-24,28-30H,6-10,13-14,16-17H2,1-5H3/t19-,20?,22+,23?,24+,28+,29+,30-/m0/s1/i8D2,10D2. The van der Waals surface area contributed by atoms with Crippen molar-refractivity contribution in [2.24, 2.45) is 35.0 Å². The molecule has 3 heterocycles. The number of esters is 1. The van der Waals surface area contributed by atoms with Crippen molar-refractivity contribution in [3.05, 3.63) is 23.9 Å². The van der Waals surface area contributed by atoms with Gasteiger partial charge in [0.1, 0.15) is 29.9 Å². The Hall–Kier alpha value is -3.23. The van der Waals surface area contributed by atoms with Gasteiger partial charge in [0.2, 0.25) is 11.8 Å². The molecule has 0 radical (unpaired) electrons. The molecular formula is C34H45N3O6. The van der Waals surface area contributed by atoms with E-state index in [-0.39, 0.29) is 48.9 Å². The summed E-state index contributed by atoms with van der Waals surface area (Å²) in [5, 5.41) is 0. The van der Waals surface area contributed by atoms with Gasteiger partial charge in [-0.25, -0.2) is 9.97 Å². The highest BCUT2D eigenvalue weighted by Crippen LogP contribution is 2.58. The van der Waals surface area contributed by atoms with Crippen LogP contribution >= 0.6 is 0 Å². The molecule has 0 N–H and O–H groups in total. The number of fused-ring (bicyclic) bond motifs is 7.